The van der Waals surface area contributed by atoms with E-state index >= 15 is 0 Å². The molecule has 1 unspecified atom stereocenters. The molecule has 0 bridgehead atoms. The minimum absolute atomic E-state index is 0.0968. The average Bonchev–Trinajstić information content (AvgIpc) is 2.88. The maximum atomic E-state index is 10.7. The van der Waals surface area contributed by atoms with E-state index in [9.17, 15) is 4.79 Å². The van der Waals surface area contributed by atoms with E-state index in [1.807, 2.05) is 24.3 Å². The summed E-state index contributed by atoms with van der Waals surface area (Å²) in [5.74, 6) is -0.444. The van der Waals surface area contributed by atoms with Gasteiger partial charge in [0.05, 0.1) is 5.92 Å². The summed E-state index contributed by atoms with van der Waals surface area (Å²) < 4.78 is 10.5. The summed E-state index contributed by atoms with van der Waals surface area (Å²) in [6.07, 6.45) is 0.706. The fourth-order valence-electron chi connectivity index (χ4n) is 1.97. The zero-order valence-electron chi connectivity index (χ0n) is 9.37. The highest BCUT2D eigenvalue weighted by atomic mass is 16.5. The smallest absolute Gasteiger partial charge is 0.377 e. The van der Waals surface area contributed by atoms with E-state index < -0.39 is 5.97 Å². The van der Waals surface area contributed by atoms with Gasteiger partial charge in [-0.1, -0.05) is 18.2 Å². The third kappa shape index (κ3) is 1.81. The fraction of sp³-hybridized carbons (Fsp3) is 0.250. The Morgan fingerprint density at radius 2 is 2.22 bits per heavy atom. The van der Waals surface area contributed by atoms with Gasteiger partial charge < -0.3 is 14.4 Å². The molecule has 1 N–H and O–H groups in total. The van der Waals surface area contributed by atoms with Crippen LogP contribution in [0.4, 0.5) is 0 Å². The molecule has 3 rings (SSSR count). The van der Waals surface area contributed by atoms with Crippen molar-refractivity contribution in [3.8, 4) is 5.75 Å². The molecule has 0 radical (unpaired) electrons. The van der Waals surface area contributed by atoms with Crippen molar-refractivity contribution < 1.29 is 19.2 Å². The molecule has 0 spiro atoms. The van der Waals surface area contributed by atoms with Crippen molar-refractivity contribution in [2.45, 2.75) is 12.3 Å². The Morgan fingerprint density at radius 3 is 3.00 bits per heavy atom. The van der Waals surface area contributed by atoms with Crippen LogP contribution >= 0.6 is 0 Å². The maximum absolute atomic E-state index is 10.7. The quantitative estimate of drug-likeness (QED) is 0.863. The summed E-state index contributed by atoms with van der Waals surface area (Å²) in [7, 11) is 0. The number of para-hydroxylation sites is 1. The molecule has 0 amide bonds. The third-order valence-electron chi connectivity index (χ3n) is 2.86. The minimum Gasteiger partial charge on any atom is -0.492 e. The van der Waals surface area contributed by atoms with Crippen LogP contribution in [0.3, 0.4) is 0 Å². The number of ether oxygens (including phenoxy) is 1. The number of nitrogens with zero attached hydrogens (tertiary/aromatic N) is 2. The highest BCUT2D eigenvalue weighted by Crippen LogP contribution is 2.31. The van der Waals surface area contributed by atoms with Gasteiger partial charge in [-0.25, -0.2) is 4.79 Å². The number of aromatic carboxylic acids is 1. The molecule has 0 aliphatic carbocycles. The average molecular weight is 246 g/mol. The lowest BCUT2D eigenvalue weighted by Gasteiger charge is -2.22. The second kappa shape index (κ2) is 4.14. The van der Waals surface area contributed by atoms with Gasteiger partial charge in [-0.2, -0.15) is 4.98 Å². The van der Waals surface area contributed by atoms with Gasteiger partial charge in [-0.15, -0.1) is 0 Å². The molecule has 1 atom stereocenters. The Hall–Kier alpha value is -2.37. The molecule has 1 aliphatic heterocycles. The Balaban J connectivity index is 1.85. The summed E-state index contributed by atoms with van der Waals surface area (Å²) in [5, 5.41) is 12.1. The Morgan fingerprint density at radius 1 is 1.39 bits per heavy atom. The number of carboxylic acid groups (broad SMARTS) is 1. The zero-order valence-corrected chi connectivity index (χ0v) is 9.37. The summed E-state index contributed by atoms with van der Waals surface area (Å²) in [6.45, 7) is 0.415. The first-order chi connectivity index (χ1) is 8.74. The van der Waals surface area contributed by atoms with Crippen LogP contribution in [0.5, 0.6) is 5.75 Å². The molecule has 1 aromatic carbocycles. The van der Waals surface area contributed by atoms with Crippen molar-refractivity contribution in [3.63, 3.8) is 0 Å². The monoisotopic (exact) mass is 246 g/mol. The molecule has 2 heterocycles. The number of benzene rings is 1. The molecule has 6 heteroatoms. The molecule has 6 nitrogen and oxygen atoms in total. The molecule has 0 saturated carbocycles. The maximum Gasteiger partial charge on any atom is 0.377 e. The van der Waals surface area contributed by atoms with E-state index in [4.69, 9.17) is 14.4 Å². The van der Waals surface area contributed by atoms with Crippen molar-refractivity contribution in [2.24, 2.45) is 0 Å². The molecular weight excluding hydrogens is 236 g/mol. The highest BCUT2D eigenvalue weighted by molar-refractivity contribution is 5.82. The van der Waals surface area contributed by atoms with Crippen LogP contribution in [-0.2, 0) is 6.42 Å². The van der Waals surface area contributed by atoms with Crippen LogP contribution in [0, 0.1) is 0 Å². The van der Waals surface area contributed by atoms with Crippen LogP contribution in [0.2, 0.25) is 0 Å². The number of fused-ring (bicyclic) bond motifs is 1. The predicted molar refractivity (Wildman–Crippen MR) is 59.6 cm³/mol. The summed E-state index contributed by atoms with van der Waals surface area (Å²) >= 11 is 0. The summed E-state index contributed by atoms with van der Waals surface area (Å²) in [4.78, 5) is 14.5. The number of carboxylic acids is 1. The normalized spacial score (nSPS) is 17.9. The van der Waals surface area contributed by atoms with Crippen LogP contribution in [-0.4, -0.2) is 27.8 Å². The first kappa shape index (κ1) is 10.8. The van der Waals surface area contributed by atoms with Crippen molar-refractivity contribution in [1.82, 2.24) is 10.1 Å². The van der Waals surface area contributed by atoms with Gasteiger partial charge in [0.15, 0.2) is 0 Å². The van der Waals surface area contributed by atoms with Crippen LogP contribution in [0.25, 0.3) is 0 Å². The summed E-state index contributed by atoms with van der Waals surface area (Å²) in [5.41, 5.74) is 1.06. The molecule has 0 saturated heterocycles. The van der Waals surface area contributed by atoms with Crippen LogP contribution < -0.4 is 4.74 Å². The van der Waals surface area contributed by atoms with Gasteiger partial charge in [0.25, 0.3) is 5.82 Å². The van der Waals surface area contributed by atoms with Gasteiger partial charge >= 0.3 is 5.97 Å². The molecule has 2 aromatic rings. The van der Waals surface area contributed by atoms with Gasteiger partial charge in [-0.3, -0.25) is 0 Å². The SMILES string of the molecule is O=C(O)c1noc(C2COc3ccccc3C2)n1. The minimum atomic E-state index is -1.19. The first-order valence-electron chi connectivity index (χ1n) is 5.51. The number of rotatable bonds is 2. The van der Waals surface area contributed by atoms with Crippen molar-refractivity contribution >= 4 is 5.97 Å². The number of hydrogen-bond donors (Lipinski definition) is 1. The lowest BCUT2D eigenvalue weighted by atomic mass is 9.97. The van der Waals surface area contributed by atoms with Crippen molar-refractivity contribution in [2.75, 3.05) is 6.61 Å². The van der Waals surface area contributed by atoms with Gasteiger partial charge in [-0.05, 0) is 23.2 Å². The zero-order chi connectivity index (χ0) is 12.5. The summed E-state index contributed by atoms with van der Waals surface area (Å²) in [6, 6.07) is 7.72. The van der Waals surface area contributed by atoms with Gasteiger partial charge in [0.2, 0.25) is 5.89 Å². The second-order valence-electron chi connectivity index (χ2n) is 4.08. The van der Waals surface area contributed by atoms with Crippen LogP contribution in [0.1, 0.15) is 28.0 Å². The molecule has 92 valence electrons. The number of hydrogen-bond acceptors (Lipinski definition) is 5. The third-order valence-corrected chi connectivity index (χ3v) is 2.86. The van der Waals surface area contributed by atoms with Crippen molar-refractivity contribution in [1.29, 1.82) is 0 Å². The van der Waals surface area contributed by atoms with Crippen molar-refractivity contribution in [3.05, 3.63) is 41.5 Å². The first-order valence-corrected chi connectivity index (χ1v) is 5.51. The molecular formula is C12H10N2O4. The number of carbonyl (C=O) groups is 1. The Bertz CT molecular complexity index is 593. The van der Waals surface area contributed by atoms with Gasteiger partial charge in [0.1, 0.15) is 12.4 Å². The van der Waals surface area contributed by atoms with Gasteiger partial charge in [0, 0.05) is 0 Å². The molecule has 1 aromatic heterocycles. The topological polar surface area (TPSA) is 85.5 Å². The lowest BCUT2D eigenvalue weighted by molar-refractivity contribution is 0.0680. The predicted octanol–water partition coefficient (Wildman–Crippen LogP) is 1.49. The standard InChI is InChI=1S/C12H10N2O4/c15-12(16)10-13-11(18-14-10)8-5-7-3-1-2-4-9(7)17-6-8/h1-4,8H,5-6H2,(H,15,16). The number of aromatic nitrogens is 2. The molecule has 0 fully saturated rings. The largest absolute Gasteiger partial charge is 0.492 e. The second-order valence-corrected chi connectivity index (χ2v) is 4.08. The molecule has 18 heavy (non-hydrogen) atoms. The highest BCUT2D eigenvalue weighted by Gasteiger charge is 2.27. The van der Waals surface area contributed by atoms with Crippen LogP contribution in [0.15, 0.2) is 28.8 Å². The van der Waals surface area contributed by atoms with E-state index in [0.717, 1.165) is 11.3 Å². The Labute approximate surface area is 102 Å². The Kier molecular flexibility index (Phi) is 2.47. The van der Waals surface area contributed by atoms with E-state index in [1.165, 1.54) is 0 Å². The van der Waals surface area contributed by atoms with E-state index in [-0.39, 0.29) is 11.7 Å². The van der Waals surface area contributed by atoms with E-state index in [2.05, 4.69) is 10.1 Å². The lowest BCUT2D eigenvalue weighted by Crippen LogP contribution is -2.19. The fourth-order valence-corrected chi connectivity index (χ4v) is 1.97. The van der Waals surface area contributed by atoms with E-state index in [1.54, 1.807) is 0 Å². The van der Waals surface area contributed by atoms with E-state index in [0.29, 0.717) is 18.9 Å². The molecule has 1 aliphatic rings.